The highest BCUT2D eigenvalue weighted by Crippen LogP contribution is 2.30. The Bertz CT molecular complexity index is 347. The van der Waals surface area contributed by atoms with Crippen LogP contribution >= 0.6 is 0 Å². The van der Waals surface area contributed by atoms with Crippen LogP contribution in [0.3, 0.4) is 0 Å². The summed E-state index contributed by atoms with van der Waals surface area (Å²) in [7, 11) is 1.85. The van der Waals surface area contributed by atoms with E-state index in [9.17, 15) is 5.11 Å². The molecule has 1 aromatic rings. The molecule has 15 heavy (non-hydrogen) atoms. The van der Waals surface area contributed by atoms with E-state index in [1.807, 2.05) is 13.2 Å². The molecular formula is C11H21N3O. The first-order chi connectivity index (χ1) is 6.68. The van der Waals surface area contributed by atoms with Crippen LogP contribution in [-0.2, 0) is 18.1 Å². The van der Waals surface area contributed by atoms with Crippen molar-refractivity contribution in [1.82, 2.24) is 9.78 Å². The van der Waals surface area contributed by atoms with Crippen LogP contribution in [0.5, 0.6) is 0 Å². The summed E-state index contributed by atoms with van der Waals surface area (Å²) in [6.07, 6.45) is 1.84. The lowest BCUT2D eigenvalue weighted by atomic mass is 9.84. The lowest BCUT2D eigenvalue weighted by Gasteiger charge is -2.25. The van der Waals surface area contributed by atoms with Crippen LogP contribution in [-0.4, -0.2) is 21.4 Å². The molecular weight excluding hydrogens is 190 g/mol. The third kappa shape index (κ3) is 2.38. The number of aliphatic hydroxyl groups is 1. The fourth-order valence-corrected chi connectivity index (χ4v) is 1.55. The zero-order valence-corrected chi connectivity index (χ0v) is 10.2. The lowest BCUT2D eigenvalue weighted by molar-refractivity contribution is 0.0648. The number of hydrogen-bond donors (Lipinski definition) is 2. The van der Waals surface area contributed by atoms with Crippen molar-refractivity contribution in [3.63, 3.8) is 0 Å². The van der Waals surface area contributed by atoms with Crippen LogP contribution in [0.4, 0.5) is 0 Å². The summed E-state index contributed by atoms with van der Waals surface area (Å²) in [6, 6.07) is 0. The molecule has 0 aliphatic carbocycles. The van der Waals surface area contributed by atoms with Crippen LogP contribution in [0, 0.1) is 0 Å². The SMILES string of the molecule is Cn1cc(C(C)(O)CN)c(C(C)(C)C)n1. The van der Waals surface area contributed by atoms with Gasteiger partial charge in [-0.3, -0.25) is 4.68 Å². The van der Waals surface area contributed by atoms with Crippen molar-refractivity contribution in [1.29, 1.82) is 0 Å². The van der Waals surface area contributed by atoms with Gasteiger partial charge >= 0.3 is 0 Å². The van der Waals surface area contributed by atoms with Crippen molar-refractivity contribution >= 4 is 0 Å². The minimum absolute atomic E-state index is 0.0875. The highest BCUT2D eigenvalue weighted by molar-refractivity contribution is 5.29. The minimum Gasteiger partial charge on any atom is -0.384 e. The van der Waals surface area contributed by atoms with Gasteiger partial charge in [-0.1, -0.05) is 20.8 Å². The average Bonchev–Trinajstić information content (AvgIpc) is 2.47. The van der Waals surface area contributed by atoms with Crippen molar-refractivity contribution in [2.45, 2.75) is 38.7 Å². The zero-order chi connectivity index (χ0) is 11.9. The highest BCUT2D eigenvalue weighted by atomic mass is 16.3. The fraction of sp³-hybridized carbons (Fsp3) is 0.727. The number of aryl methyl sites for hydroxylation is 1. The number of nitrogens with two attached hydrogens (primary N) is 1. The van der Waals surface area contributed by atoms with E-state index in [4.69, 9.17) is 5.73 Å². The van der Waals surface area contributed by atoms with Crippen LogP contribution in [0.25, 0.3) is 0 Å². The van der Waals surface area contributed by atoms with E-state index >= 15 is 0 Å². The van der Waals surface area contributed by atoms with Gasteiger partial charge in [0.15, 0.2) is 0 Å². The summed E-state index contributed by atoms with van der Waals surface area (Å²) in [5.41, 5.74) is 6.20. The van der Waals surface area contributed by atoms with Gasteiger partial charge in [0.25, 0.3) is 0 Å². The quantitative estimate of drug-likeness (QED) is 0.763. The van der Waals surface area contributed by atoms with Gasteiger partial charge in [0.1, 0.15) is 5.60 Å². The summed E-state index contributed by atoms with van der Waals surface area (Å²) in [4.78, 5) is 0. The molecule has 1 heterocycles. The lowest BCUT2D eigenvalue weighted by Crippen LogP contribution is -2.33. The molecule has 3 N–H and O–H groups in total. The molecule has 0 aliphatic heterocycles. The Morgan fingerprint density at radius 2 is 1.93 bits per heavy atom. The average molecular weight is 211 g/mol. The maximum Gasteiger partial charge on any atom is 0.102 e. The molecule has 0 aromatic carbocycles. The van der Waals surface area contributed by atoms with Gasteiger partial charge in [-0.15, -0.1) is 0 Å². The molecule has 0 fully saturated rings. The standard InChI is InChI=1S/C11H21N3O/c1-10(2,3)9-8(6-14(5)13-9)11(4,15)7-12/h6,15H,7,12H2,1-5H3. The second-order valence-corrected chi connectivity index (χ2v) is 5.29. The Morgan fingerprint density at radius 1 is 1.40 bits per heavy atom. The van der Waals surface area contributed by atoms with Crippen LogP contribution in [0.15, 0.2) is 6.20 Å². The zero-order valence-electron chi connectivity index (χ0n) is 10.2. The first kappa shape index (κ1) is 12.2. The number of rotatable bonds is 2. The molecule has 0 radical (unpaired) electrons. The second-order valence-electron chi connectivity index (χ2n) is 5.29. The van der Waals surface area contributed by atoms with E-state index in [1.165, 1.54) is 0 Å². The largest absolute Gasteiger partial charge is 0.384 e. The molecule has 0 saturated carbocycles. The molecule has 86 valence electrons. The Balaban J connectivity index is 3.30. The predicted octanol–water partition coefficient (Wildman–Crippen LogP) is 0.884. The summed E-state index contributed by atoms with van der Waals surface area (Å²) < 4.78 is 1.72. The molecule has 4 nitrogen and oxygen atoms in total. The molecule has 0 bridgehead atoms. The first-order valence-corrected chi connectivity index (χ1v) is 5.15. The molecule has 4 heteroatoms. The highest BCUT2D eigenvalue weighted by Gasteiger charge is 2.31. The molecule has 0 spiro atoms. The minimum atomic E-state index is -1.00. The maximum atomic E-state index is 10.2. The third-order valence-corrected chi connectivity index (χ3v) is 2.52. The predicted molar refractivity (Wildman–Crippen MR) is 60.5 cm³/mol. The molecule has 1 unspecified atom stereocenters. The van der Waals surface area contributed by atoms with Crippen molar-refractivity contribution in [2.24, 2.45) is 12.8 Å². The van der Waals surface area contributed by atoms with Gasteiger partial charge in [-0.25, -0.2) is 0 Å². The Hall–Kier alpha value is -0.870. The molecule has 1 rings (SSSR count). The maximum absolute atomic E-state index is 10.2. The van der Waals surface area contributed by atoms with Gasteiger partial charge < -0.3 is 10.8 Å². The van der Waals surface area contributed by atoms with E-state index < -0.39 is 5.60 Å². The monoisotopic (exact) mass is 211 g/mol. The number of nitrogens with zero attached hydrogens (tertiary/aromatic N) is 2. The van der Waals surface area contributed by atoms with Crippen LogP contribution in [0.2, 0.25) is 0 Å². The Morgan fingerprint density at radius 3 is 2.33 bits per heavy atom. The third-order valence-electron chi connectivity index (χ3n) is 2.52. The van der Waals surface area contributed by atoms with Gasteiger partial charge in [-0.05, 0) is 6.92 Å². The summed E-state index contributed by atoms with van der Waals surface area (Å²) in [5, 5.41) is 14.6. The summed E-state index contributed by atoms with van der Waals surface area (Å²) in [6.45, 7) is 8.14. The topological polar surface area (TPSA) is 64.1 Å². The van der Waals surface area contributed by atoms with Gasteiger partial charge in [0.05, 0.1) is 5.69 Å². The number of hydrogen-bond acceptors (Lipinski definition) is 3. The van der Waals surface area contributed by atoms with E-state index in [2.05, 4.69) is 25.9 Å². The van der Waals surface area contributed by atoms with Crippen molar-refractivity contribution < 1.29 is 5.11 Å². The van der Waals surface area contributed by atoms with Gasteiger partial charge in [0.2, 0.25) is 0 Å². The van der Waals surface area contributed by atoms with Gasteiger partial charge in [-0.2, -0.15) is 5.10 Å². The first-order valence-electron chi connectivity index (χ1n) is 5.15. The Kier molecular flexibility index (Phi) is 2.94. The van der Waals surface area contributed by atoms with E-state index in [0.29, 0.717) is 0 Å². The smallest absolute Gasteiger partial charge is 0.102 e. The van der Waals surface area contributed by atoms with Gasteiger partial charge in [0, 0.05) is 30.8 Å². The van der Waals surface area contributed by atoms with Crippen molar-refractivity contribution in [3.05, 3.63) is 17.5 Å². The Labute approximate surface area is 91.1 Å². The van der Waals surface area contributed by atoms with Crippen molar-refractivity contribution in [2.75, 3.05) is 6.54 Å². The van der Waals surface area contributed by atoms with Crippen LogP contribution in [0.1, 0.15) is 39.0 Å². The molecule has 0 aliphatic rings. The molecule has 0 saturated heterocycles. The fourth-order valence-electron chi connectivity index (χ4n) is 1.55. The second kappa shape index (κ2) is 3.61. The van der Waals surface area contributed by atoms with E-state index in [1.54, 1.807) is 11.6 Å². The van der Waals surface area contributed by atoms with Crippen molar-refractivity contribution in [3.8, 4) is 0 Å². The summed E-state index contributed by atoms with van der Waals surface area (Å²) in [5.74, 6) is 0. The molecule has 0 amide bonds. The number of aromatic nitrogens is 2. The van der Waals surface area contributed by atoms with Crippen LogP contribution < -0.4 is 5.73 Å². The van der Waals surface area contributed by atoms with E-state index in [-0.39, 0.29) is 12.0 Å². The molecule has 1 atom stereocenters. The normalized spacial score (nSPS) is 16.5. The molecule has 1 aromatic heterocycles. The van der Waals surface area contributed by atoms with E-state index in [0.717, 1.165) is 11.3 Å². The summed E-state index contributed by atoms with van der Waals surface area (Å²) >= 11 is 0.